The Morgan fingerprint density at radius 2 is 2.17 bits per heavy atom. The largest absolute Gasteiger partial charge is 0.432 e. The van der Waals surface area contributed by atoms with Crippen molar-refractivity contribution in [2.45, 2.75) is 31.9 Å². The number of carbonyl (C=O) groups excluding carboxylic acids is 2. The minimum Gasteiger partial charge on any atom is -0.432 e. The number of aromatic nitrogens is 3. The van der Waals surface area contributed by atoms with Crippen molar-refractivity contribution in [2.24, 2.45) is 5.92 Å². The van der Waals surface area contributed by atoms with Crippen LogP contribution in [0.5, 0.6) is 0 Å². The Kier molecular flexibility index (Phi) is 3.35. The minimum atomic E-state index is -1.03. The number of ether oxygens (including phenoxy) is 1. The number of hydrogen-bond acceptors (Lipinski definition) is 5. The Bertz CT molecular complexity index is 819. The van der Waals surface area contributed by atoms with Crippen molar-refractivity contribution < 1.29 is 14.3 Å². The number of nitrogens with zero attached hydrogens (tertiary/aromatic N) is 4. The third-order valence-corrected chi connectivity index (χ3v) is 4.82. The SMILES string of the molecule is CC1(C2CC2)OC(=O)N(Cc2ccc(Cl)cc2-n2cncn2)C1=O. The van der Waals surface area contributed by atoms with Gasteiger partial charge in [0.05, 0.1) is 12.2 Å². The Hall–Kier alpha value is -2.41. The highest BCUT2D eigenvalue weighted by molar-refractivity contribution is 6.30. The zero-order chi connectivity index (χ0) is 16.9. The highest BCUT2D eigenvalue weighted by atomic mass is 35.5. The molecule has 2 heterocycles. The molecule has 24 heavy (non-hydrogen) atoms. The van der Waals surface area contributed by atoms with Crippen LogP contribution < -0.4 is 0 Å². The van der Waals surface area contributed by atoms with E-state index in [0.29, 0.717) is 10.7 Å². The molecule has 8 heteroatoms. The van der Waals surface area contributed by atoms with Crippen LogP contribution in [0.4, 0.5) is 4.79 Å². The van der Waals surface area contributed by atoms with Gasteiger partial charge < -0.3 is 4.74 Å². The molecular weight excluding hydrogens is 332 g/mol. The van der Waals surface area contributed by atoms with E-state index in [4.69, 9.17) is 16.3 Å². The summed E-state index contributed by atoms with van der Waals surface area (Å²) >= 11 is 6.07. The van der Waals surface area contributed by atoms with Crippen molar-refractivity contribution >= 4 is 23.6 Å². The minimum absolute atomic E-state index is 0.104. The summed E-state index contributed by atoms with van der Waals surface area (Å²) in [6.45, 7) is 1.80. The summed E-state index contributed by atoms with van der Waals surface area (Å²) in [5, 5.41) is 4.62. The van der Waals surface area contributed by atoms with Gasteiger partial charge in [-0.3, -0.25) is 4.79 Å². The molecule has 0 spiro atoms. The lowest BCUT2D eigenvalue weighted by atomic mass is 9.99. The molecule has 2 amide bonds. The fraction of sp³-hybridized carbons (Fsp3) is 0.375. The van der Waals surface area contributed by atoms with Gasteiger partial charge in [-0.2, -0.15) is 5.10 Å². The first kappa shape index (κ1) is 15.1. The van der Waals surface area contributed by atoms with Crippen molar-refractivity contribution in [3.8, 4) is 5.69 Å². The number of rotatable bonds is 4. The van der Waals surface area contributed by atoms with Gasteiger partial charge in [-0.15, -0.1) is 0 Å². The van der Waals surface area contributed by atoms with Gasteiger partial charge in [-0.05, 0) is 37.5 Å². The lowest BCUT2D eigenvalue weighted by Crippen LogP contribution is -2.40. The van der Waals surface area contributed by atoms with Gasteiger partial charge in [0.25, 0.3) is 5.91 Å². The van der Waals surface area contributed by atoms with E-state index in [9.17, 15) is 9.59 Å². The highest BCUT2D eigenvalue weighted by Gasteiger charge is 2.58. The Labute approximate surface area is 143 Å². The van der Waals surface area contributed by atoms with E-state index in [0.717, 1.165) is 23.3 Å². The van der Waals surface area contributed by atoms with Crippen molar-refractivity contribution in [3.05, 3.63) is 41.4 Å². The van der Waals surface area contributed by atoms with Gasteiger partial charge in [0.15, 0.2) is 5.60 Å². The lowest BCUT2D eigenvalue weighted by Gasteiger charge is -2.19. The molecule has 1 unspecified atom stereocenters. The van der Waals surface area contributed by atoms with Gasteiger partial charge in [0.2, 0.25) is 0 Å². The van der Waals surface area contributed by atoms with Crippen LogP contribution in [0.15, 0.2) is 30.9 Å². The van der Waals surface area contributed by atoms with Gasteiger partial charge in [-0.1, -0.05) is 17.7 Å². The number of imide groups is 1. The molecule has 1 saturated carbocycles. The zero-order valence-electron chi connectivity index (χ0n) is 13.0. The number of halogens is 1. The monoisotopic (exact) mass is 346 g/mol. The molecule has 1 aliphatic carbocycles. The molecule has 4 rings (SSSR count). The summed E-state index contributed by atoms with van der Waals surface area (Å²) in [4.78, 5) is 30.0. The molecule has 2 fully saturated rings. The Balaban J connectivity index is 1.66. The van der Waals surface area contributed by atoms with Crippen molar-refractivity contribution in [2.75, 3.05) is 0 Å². The number of benzene rings is 1. The summed E-state index contributed by atoms with van der Waals surface area (Å²) in [6, 6.07) is 5.20. The van der Waals surface area contributed by atoms with E-state index in [1.54, 1.807) is 29.8 Å². The predicted octanol–water partition coefficient (Wildman–Crippen LogP) is 2.57. The number of hydrogen-bond donors (Lipinski definition) is 0. The standard InChI is InChI=1S/C16H15ClN4O3/c1-16(11-3-4-11)14(22)20(15(23)24-16)7-10-2-5-12(17)6-13(10)21-9-18-8-19-21/h2,5-6,8-9,11H,3-4,7H2,1H3. The number of carbonyl (C=O) groups is 2. The van der Waals surface area contributed by atoms with E-state index in [1.807, 2.05) is 0 Å². The fourth-order valence-electron chi connectivity index (χ4n) is 3.05. The second kappa shape index (κ2) is 5.31. The van der Waals surface area contributed by atoms with Crippen LogP contribution in [0, 0.1) is 5.92 Å². The van der Waals surface area contributed by atoms with Crippen LogP contribution in [-0.4, -0.2) is 37.3 Å². The summed E-state index contributed by atoms with van der Waals surface area (Å²) in [5.74, 6) is -0.159. The maximum atomic E-state index is 12.7. The molecular formula is C16H15ClN4O3. The molecule has 0 N–H and O–H groups in total. The van der Waals surface area contributed by atoms with E-state index in [1.165, 1.54) is 12.7 Å². The quantitative estimate of drug-likeness (QED) is 0.850. The zero-order valence-corrected chi connectivity index (χ0v) is 13.7. The molecule has 2 aliphatic rings. The average molecular weight is 347 g/mol. The molecule has 1 aromatic heterocycles. The summed E-state index contributed by atoms with van der Waals surface area (Å²) in [5.41, 5.74) is 0.368. The maximum Gasteiger partial charge on any atom is 0.418 e. The summed E-state index contributed by atoms with van der Waals surface area (Å²) < 4.78 is 6.95. The second-order valence-corrected chi connectivity index (χ2v) is 6.69. The second-order valence-electron chi connectivity index (χ2n) is 6.25. The average Bonchev–Trinajstić information content (AvgIpc) is 3.23. The Morgan fingerprint density at radius 1 is 1.38 bits per heavy atom. The van der Waals surface area contributed by atoms with Crippen LogP contribution in [-0.2, 0) is 16.1 Å². The number of cyclic esters (lactones) is 1. The van der Waals surface area contributed by atoms with Crippen LogP contribution >= 0.6 is 11.6 Å². The molecule has 0 radical (unpaired) electrons. The van der Waals surface area contributed by atoms with Gasteiger partial charge in [0.1, 0.15) is 12.7 Å². The molecule has 1 saturated heterocycles. The van der Waals surface area contributed by atoms with Crippen LogP contribution in [0.1, 0.15) is 25.3 Å². The number of amides is 2. The van der Waals surface area contributed by atoms with Gasteiger partial charge in [-0.25, -0.2) is 19.4 Å². The first-order valence-corrected chi connectivity index (χ1v) is 8.05. The summed E-state index contributed by atoms with van der Waals surface area (Å²) in [7, 11) is 0. The first-order chi connectivity index (χ1) is 11.5. The third kappa shape index (κ3) is 2.36. The Morgan fingerprint density at radius 3 is 2.83 bits per heavy atom. The molecule has 1 atom stereocenters. The maximum absolute atomic E-state index is 12.7. The van der Waals surface area contributed by atoms with E-state index in [2.05, 4.69) is 10.1 Å². The normalized spacial score (nSPS) is 23.7. The van der Waals surface area contributed by atoms with Crippen LogP contribution in [0.3, 0.4) is 0 Å². The molecule has 0 bridgehead atoms. The molecule has 1 aliphatic heterocycles. The highest BCUT2D eigenvalue weighted by Crippen LogP contribution is 2.46. The fourth-order valence-corrected chi connectivity index (χ4v) is 3.21. The molecule has 1 aromatic carbocycles. The van der Waals surface area contributed by atoms with Crippen LogP contribution in [0.2, 0.25) is 5.02 Å². The van der Waals surface area contributed by atoms with Crippen molar-refractivity contribution in [1.29, 1.82) is 0 Å². The van der Waals surface area contributed by atoms with Gasteiger partial charge >= 0.3 is 6.09 Å². The van der Waals surface area contributed by atoms with Gasteiger partial charge in [0, 0.05) is 10.9 Å². The predicted molar refractivity (Wildman–Crippen MR) is 84.5 cm³/mol. The van der Waals surface area contributed by atoms with Crippen molar-refractivity contribution in [1.82, 2.24) is 19.7 Å². The molecule has 7 nitrogen and oxygen atoms in total. The third-order valence-electron chi connectivity index (χ3n) is 4.59. The first-order valence-electron chi connectivity index (χ1n) is 7.67. The van der Waals surface area contributed by atoms with Crippen LogP contribution in [0.25, 0.3) is 5.69 Å². The topological polar surface area (TPSA) is 77.3 Å². The van der Waals surface area contributed by atoms with E-state index >= 15 is 0 Å². The van der Waals surface area contributed by atoms with Crippen molar-refractivity contribution in [3.63, 3.8) is 0 Å². The van der Waals surface area contributed by atoms with E-state index in [-0.39, 0.29) is 18.4 Å². The van der Waals surface area contributed by atoms with E-state index < -0.39 is 11.7 Å². The molecule has 2 aromatic rings. The lowest BCUT2D eigenvalue weighted by molar-refractivity contribution is -0.137. The summed E-state index contributed by atoms with van der Waals surface area (Å²) in [6.07, 6.45) is 4.16. The smallest absolute Gasteiger partial charge is 0.418 e. The molecule has 124 valence electrons.